The van der Waals surface area contributed by atoms with Crippen molar-refractivity contribution in [3.8, 4) is 0 Å². The van der Waals surface area contributed by atoms with Gasteiger partial charge in [0.25, 0.3) is 0 Å². The Hall–Kier alpha value is -0.820. The molecule has 0 bridgehead atoms. The van der Waals surface area contributed by atoms with Crippen molar-refractivity contribution < 1.29 is 9.53 Å². The summed E-state index contributed by atoms with van der Waals surface area (Å²) in [6, 6.07) is 0.278. The van der Waals surface area contributed by atoms with Crippen LogP contribution in [-0.4, -0.2) is 53.4 Å². The fourth-order valence-electron chi connectivity index (χ4n) is 2.62. The molecule has 1 fully saturated rings. The fraction of sp³-hybridized carbons (Fsp3) is 0.714. The topological polar surface area (TPSA) is 73.4 Å². The molecule has 2 atom stereocenters. The molecule has 0 radical (unpaired) electrons. The van der Waals surface area contributed by atoms with E-state index in [9.17, 15) is 4.79 Å². The van der Waals surface area contributed by atoms with Gasteiger partial charge < -0.3 is 15.4 Å². The Morgan fingerprint density at radius 3 is 2.82 bits per heavy atom. The zero-order valence-electron chi connectivity index (χ0n) is 13.1. The Labute approximate surface area is 144 Å². The molecule has 0 saturated carbocycles. The van der Waals surface area contributed by atoms with Gasteiger partial charge >= 0.3 is 0 Å². The third-order valence-electron chi connectivity index (χ3n) is 3.85. The predicted molar refractivity (Wildman–Crippen MR) is 90.8 cm³/mol. The molecule has 1 amide bonds. The van der Waals surface area contributed by atoms with Crippen LogP contribution in [0.4, 0.5) is 0 Å². The lowest BCUT2D eigenvalue weighted by Gasteiger charge is -2.33. The molecular formula is C14H26Cl2N4O2. The highest BCUT2D eigenvalue weighted by molar-refractivity contribution is 5.85. The molecule has 2 heterocycles. The molecule has 0 aliphatic carbocycles. The monoisotopic (exact) mass is 352 g/mol. The van der Waals surface area contributed by atoms with Gasteiger partial charge in [0.05, 0.1) is 24.8 Å². The third-order valence-corrected chi connectivity index (χ3v) is 3.85. The van der Waals surface area contributed by atoms with Crippen LogP contribution in [0.5, 0.6) is 0 Å². The highest BCUT2D eigenvalue weighted by atomic mass is 35.5. The number of hydrogen-bond acceptors (Lipinski definition) is 4. The van der Waals surface area contributed by atoms with Crippen LogP contribution in [0.2, 0.25) is 0 Å². The summed E-state index contributed by atoms with van der Waals surface area (Å²) >= 11 is 0. The first-order valence-electron chi connectivity index (χ1n) is 7.15. The Kier molecular flexibility index (Phi) is 9.67. The summed E-state index contributed by atoms with van der Waals surface area (Å²) in [5.41, 5.74) is 6.72. The first-order chi connectivity index (χ1) is 9.63. The molecule has 6 nitrogen and oxygen atoms in total. The number of hydrogen-bond donors (Lipinski definition) is 1. The van der Waals surface area contributed by atoms with Gasteiger partial charge in [-0.05, 0) is 25.3 Å². The zero-order valence-corrected chi connectivity index (χ0v) is 14.7. The van der Waals surface area contributed by atoms with Crippen molar-refractivity contribution >= 4 is 30.7 Å². The van der Waals surface area contributed by atoms with Crippen LogP contribution in [0.15, 0.2) is 12.4 Å². The summed E-state index contributed by atoms with van der Waals surface area (Å²) in [4.78, 5) is 14.2. The first kappa shape index (κ1) is 21.2. The highest BCUT2D eigenvalue weighted by Gasteiger charge is 2.26. The number of likely N-dealkylation sites (tertiary alicyclic amines) is 1. The Morgan fingerprint density at radius 1 is 1.55 bits per heavy atom. The lowest BCUT2D eigenvalue weighted by Crippen LogP contribution is -2.42. The van der Waals surface area contributed by atoms with Crippen molar-refractivity contribution in [2.75, 3.05) is 26.7 Å². The van der Waals surface area contributed by atoms with Crippen molar-refractivity contribution in [3.63, 3.8) is 0 Å². The first-order valence-corrected chi connectivity index (χ1v) is 7.15. The average Bonchev–Trinajstić information content (AvgIpc) is 2.91. The lowest BCUT2D eigenvalue weighted by molar-refractivity contribution is -0.135. The molecule has 2 unspecified atom stereocenters. The van der Waals surface area contributed by atoms with Crippen LogP contribution < -0.4 is 5.73 Å². The number of ether oxygens (including phenoxy) is 1. The smallest absolute Gasteiger partial charge is 0.225 e. The number of nitrogens with two attached hydrogens (primary N) is 1. The molecule has 1 aromatic heterocycles. The van der Waals surface area contributed by atoms with Crippen molar-refractivity contribution in [2.24, 2.45) is 5.73 Å². The number of carbonyl (C=O) groups excluding carboxylic acids is 1. The molecule has 2 rings (SSSR count). The maximum atomic E-state index is 12.3. The van der Waals surface area contributed by atoms with Gasteiger partial charge in [-0.1, -0.05) is 0 Å². The normalized spacial score (nSPS) is 19.0. The number of aromatic nitrogens is 2. The molecule has 8 heteroatoms. The van der Waals surface area contributed by atoms with Crippen molar-refractivity contribution in [1.29, 1.82) is 0 Å². The third kappa shape index (κ3) is 5.43. The minimum atomic E-state index is -0.185. The van der Waals surface area contributed by atoms with Crippen LogP contribution in [0, 0.1) is 6.92 Å². The summed E-state index contributed by atoms with van der Waals surface area (Å²) in [6.45, 7) is 3.94. The minimum absolute atomic E-state index is 0. The molecule has 0 aromatic carbocycles. The second-order valence-corrected chi connectivity index (χ2v) is 5.43. The zero-order chi connectivity index (χ0) is 14.5. The van der Waals surface area contributed by atoms with E-state index in [2.05, 4.69) is 5.10 Å². The Balaban J connectivity index is 0.00000220. The van der Waals surface area contributed by atoms with Crippen LogP contribution in [0.3, 0.4) is 0 Å². The predicted octanol–water partition coefficient (Wildman–Crippen LogP) is 1.56. The number of nitrogens with zero attached hydrogens (tertiary/aromatic N) is 3. The second kappa shape index (κ2) is 10.0. The van der Waals surface area contributed by atoms with Gasteiger partial charge in [0.1, 0.15) is 0 Å². The van der Waals surface area contributed by atoms with Gasteiger partial charge in [-0.15, -0.1) is 24.8 Å². The number of amides is 1. The van der Waals surface area contributed by atoms with Gasteiger partial charge in [-0.25, -0.2) is 0 Å². The maximum absolute atomic E-state index is 12.3. The number of halogens is 2. The molecule has 1 saturated heterocycles. The Bertz CT molecular complexity index is 452. The van der Waals surface area contributed by atoms with Gasteiger partial charge in [0, 0.05) is 32.9 Å². The van der Waals surface area contributed by atoms with Crippen molar-refractivity contribution in [3.05, 3.63) is 18.0 Å². The molecular weight excluding hydrogens is 327 g/mol. The molecule has 128 valence electrons. The van der Waals surface area contributed by atoms with E-state index in [-0.39, 0.29) is 42.9 Å². The van der Waals surface area contributed by atoms with E-state index in [1.807, 2.05) is 28.9 Å². The highest BCUT2D eigenvalue weighted by Crippen LogP contribution is 2.22. The fourth-order valence-corrected chi connectivity index (χ4v) is 2.62. The van der Waals surface area contributed by atoms with Gasteiger partial charge in [0.2, 0.25) is 5.91 Å². The quantitative estimate of drug-likeness (QED) is 0.872. The van der Waals surface area contributed by atoms with Crippen LogP contribution in [0.1, 0.15) is 30.9 Å². The molecule has 1 aliphatic rings. The van der Waals surface area contributed by atoms with Crippen LogP contribution in [0.25, 0.3) is 0 Å². The average molecular weight is 353 g/mol. The van der Waals surface area contributed by atoms with Crippen LogP contribution >= 0.6 is 24.8 Å². The molecule has 1 aromatic rings. The summed E-state index contributed by atoms with van der Waals surface area (Å²) in [5, 5.41) is 4.36. The minimum Gasteiger partial charge on any atom is -0.380 e. The van der Waals surface area contributed by atoms with Crippen molar-refractivity contribution in [1.82, 2.24) is 14.7 Å². The Morgan fingerprint density at radius 2 is 2.27 bits per heavy atom. The SMILES string of the molecule is COC(CN)CC(=O)N1CCCC(n2cc(C)cn2)C1.Cl.Cl. The van der Waals surface area contributed by atoms with E-state index >= 15 is 0 Å². The number of carbonyl (C=O) groups is 1. The molecule has 22 heavy (non-hydrogen) atoms. The van der Waals surface area contributed by atoms with Crippen LogP contribution in [-0.2, 0) is 9.53 Å². The van der Waals surface area contributed by atoms with E-state index in [1.165, 1.54) is 0 Å². The van der Waals surface area contributed by atoms with E-state index in [4.69, 9.17) is 10.5 Å². The summed E-state index contributed by atoms with van der Waals surface area (Å²) in [5.74, 6) is 0.121. The summed E-state index contributed by atoms with van der Waals surface area (Å²) in [6.07, 6.45) is 6.14. The lowest BCUT2D eigenvalue weighted by atomic mass is 10.0. The number of aryl methyl sites for hydroxylation is 1. The molecule has 2 N–H and O–H groups in total. The van der Waals surface area contributed by atoms with E-state index in [1.54, 1.807) is 7.11 Å². The number of piperidine rings is 1. The summed E-state index contributed by atoms with van der Waals surface area (Å²) in [7, 11) is 1.59. The van der Waals surface area contributed by atoms with Gasteiger partial charge in [0.15, 0.2) is 0 Å². The second-order valence-electron chi connectivity index (χ2n) is 5.43. The largest absolute Gasteiger partial charge is 0.380 e. The number of rotatable bonds is 5. The van der Waals surface area contributed by atoms with E-state index in [0.717, 1.165) is 31.5 Å². The molecule has 1 aliphatic heterocycles. The summed E-state index contributed by atoms with van der Waals surface area (Å²) < 4.78 is 7.16. The maximum Gasteiger partial charge on any atom is 0.225 e. The molecule has 0 spiro atoms. The standard InChI is InChI=1S/C14H24N4O2.2ClH/c1-11-8-16-18(9-11)12-4-3-5-17(10-12)14(19)6-13(7-15)20-2;;/h8-9,12-13H,3-7,10,15H2,1-2H3;2*1H. The van der Waals surface area contributed by atoms with E-state index < -0.39 is 0 Å². The van der Waals surface area contributed by atoms with Gasteiger partial charge in [-0.2, -0.15) is 5.10 Å². The van der Waals surface area contributed by atoms with Gasteiger partial charge in [-0.3, -0.25) is 9.48 Å². The number of methoxy groups -OCH3 is 1. The van der Waals surface area contributed by atoms with Crippen molar-refractivity contribution in [2.45, 2.75) is 38.3 Å². The van der Waals surface area contributed by atoms with E-state index in [0.29, 0.717) is 13.0 Å².